The molecule has 0 spiro atoms. The number of hydrogen-bond donors (Lipinski definition) is 2. The Morgan fingerprint density at radius 2 is 2.45 bits per heavy atom. The summed E-state index contributed by atoms with van der Waals surface area (Å²) in [6, 6.07) is 0. The first-order valence-electron chi connectivity index (χ1n) is 3.54. The second-order valence-electron chi connectivity index (χ2n) is 2.51. The Morgan fingerprint density at radius 1 is 1.82 bits per heavy atom. The Kier molecular flexibility index (Phi) is 2.44. The fraction of sp³-hybridized carbons (Fsp3) is 0.375. The highest BCUT2D eigenvalue weighted by Gasteiger charge is 2.23. The molecule has 2 aliphatic rings. The molecule has 60 valence electrons. The fourth-order valence-corrected chi connectivity index (χ4v) is 0.918. The molecule has 0 aromatic carbocycles. The van der Waals surface area contributed by atoms with Gasteiger partial charge in [-0.05, 0) is 12.0 Å². The van der Waals surface area contributed by atoms with Crippen LogP contribution in [0.1, 0.15) is 6.42 Å². The third kappa shape index (κ3) is 2.55. The maximum absolute atomic E-state index is 9.24. The van der Waals surface area contributed by atoms with Gasteiger partial charge in [-0.3, -0.25) is 4.79 Å². The average molecular weight is 153 g/mol. The minimum absolute atomic E-state index is 0.278. The van der Waals surface area contributed by atoms with Gasteiger partial charge in [0, 0.05) is 5.92 Å². The highest BCUT2D eigenvalue weighted by atomic mass is 16.4. The topological polar surface area (TPSA) is 63.3 Å². The molecule has 0 heterocycles. The number of aliphatic carboxylic acids is 1. The van der Waals surface area contributed by atoms with Crippen LogP contribution < -0.4 is 5.73 Å². The summed E-state index contributed by atoms with van der Waals surface area (Å²) in [5.41, 5.74) is 6.14. The van der Waals surface area contributed by atoms with E-state index in [-0.39, 0.29) is 6.54 Å². The van der Waals surface area contributed by atoms with Gasteiger partial charge in [0.1, 0.15) is 0 Å². The van der Waals surface area contributed by atoms with Crippen LogP contribution >= 0.6 is 0 Å². The van der Waals surface area contributed by atoms with Crippen LogP contribution in [-0.4, -0.2) is 17.6 Å². The number of allylic oxidation sites excluding steroid dienone is 4. The van der Waals surface area contributed by atoms with Crippen molar-refractivity contribution < 1.29 is 9.90 Å². The summed E-state index contributed by atoms with van der Waals surface area (Å²) in [6.45, 7) is -0.278. The fourth-order valence-electron chi connectivity index (χ4n) is 0.918. The smallest absolute Gasteiger partial charge is 0.317 e. The third-order valence-electron chi connectivity index (χ3n) is 1.59. The van der Waals surface area contributed by atoms with E-state index in [1.165, 1.54) is 6.42 Å². The molecule has 0 amide bonds. The van der Waals surface area contributed by atoms with Crippen LogP contribution in [0.2, 0.25) is 0 Å². The lowest BCUT2D eigenvalue weighted by atomic mass is 10.3. The van der Waals surface area contributed by atoms with E-state index in [1.807, 2.05) is 0 Å². The molecule has 3 heteroatoms. The van der Waals surface area contributed by atoms with Crippen molar-refractivity contribution in [3.05, 3.63) is 23.8 Å². The number of fused-ring (bicyclic) bond motifs is 1. The van der Waals surface area contributed by atoms with Crippen LogP contribution in [0.5, 0.6) is 0 Å². The summed E-state index contributed by atoms with van der Waals surface area (Å²) in [6.07, 6.45) is 8.04. The van der Waals surface area contributed by atoms with E-state index in [1.54, 1.807) is 5.57 Å². The van der Waals surface area contributed by atoms with Crippen molar-refractivity contribution in [2.75, 3.05) is 6.54 Å². The maximum Gasteiger partial charge on any atom is 0.317 e. The van der Waals surface area contributed by atoms with Crippen LogP contribution in [0.3, 0.4) is 0 Å². The van der Waals surface area contributed by atoms with E-state index in [0.717, 1.165) is 5.92 Å². The first-order valence-corrected chi connectivity index (χ1v) is 3.54. The second-order valence-corrected chi connectivity index (χ2v) is 2.51. The Morgan fingerprint density at radius 3 is 2.55 bits per heavy atom. The summed E-state index contributed by atoms with van der Waals surface area (Å²) in [5, 5.41) is 7.60. The molecule has 0 saturated heterocycles. The number of carboxylic acids is 1. The van der Waals surface area contributed by atoms with Crippen LogP contribution in [0, 0.1) is 5.92 Å². The van der Waals surface area contributed by atoms with Gasteiger partial charge >= 0.3 is 5.97 Å². The summed E-state index contributed by atoms with van der Waals surface area (Å²) in [7, 11) is 0. The largest absolute Gasteiger partial charge is 0.480 e. The van der Waals surface area contributed by atoms with Crippen molar-refractivity contribution in [2.24, 2.45) is 11.7 Å². The summed E-state index contributed by atoms with van der Waals surface area (Å²) in [4.78, 5) is 9.24. The Hall–Kier alpha value is -1.09. The second kappa shape index (κ2) is 3.34. The summed E-state index contributed by atoms with van der Waals surface area (Å²) < 4.78 is 0. The molecule has 0 radical (unpaired) electrons. The van der Waals surface area contributed by atoms with Crippen molar-refractivity contribution in [2.45, 2.75) is 6.42 Å². The summed E-state index contributed by atoms with van der Waals surface area (Å²) in [5.74, 6) is -0.0741. The SMILES string of the molecule is C1=CC2=CC2C1.NCC(=O)O. The first kappa shape index (κ1) is 8.01. The van der Waals surface area contributed by atoms with E-state index in [2.05, 4.69) is 24.0 Å². The van der Waals surface area contributed by atoms with E-state index >= 15 is 0 Å². The van der Waals surface area contributed by atoms with Gasteiger partial charge in [0.05, 0.1) is 6.54 Å². The van der Waals surface area contributed by atoms with Gasteiger partial charge in [0.25, 0.3) is 0 Å². The minimum Gasteiger partial charge on any atom is -0.480 e. The van der Waals surface area contributed by atoms with Crippen molar-refractivity contribution >= 4 is 5.97 Å². The number of carbonyl (C=O) groups is 1. The molecule has 2 aliphatic carbocycles. The quantitative estimate of drug-likeness (QED) is 0.577. The van der Waals surface area contributed by atoms with Gasteiger partial charge in [-0.2, -0.15) is 0 Å². The van der Waals surface area contributed by atoms with E-state index in [4.69, 9.17) is 5.11 Å². The Labute approximate surface area is 65.2 Å². The van der Waals surface area contributed by atoms with Gasteiger partial charge < -0.3 is 10.8 Å². The zero-order valence-corrected chi connectivity index (χ0v) is 6.16. The average Bonchev–Trinajstić information content (AvgIpc) is 2.61. The van der Waals surface area contributed by atoms with Crippen molar-refractivity contribution in [1.29, 1.82) is 0 Å². The third-order valence-corrected chi connectivity index (χ3v) is 1.59. The van der Waals surface area contributed by atoms with Crippen LogP contribution in [0.4, 0.5) is 0 Å². The molecule has 0 aliphatic heterocycles. The van der Waals surface area contributed by atoms with Gasteiger partial charge in [-0.15, -0.1) is 0 Å². The standard InChI is InChI=1S/C6H6.C2H5NO2/c1-2-5-4-6(5)3-1;3-1-2(4)5/h1-2,4,6H,3H2;1,3H2,(H,4,5). The number of nitrogens with two attached hydrogens (primary N) is 1. The van der Waals surface area contributed by atoms with Crippen LogP contribution in [0.15, 0.2) is 23.8 Å². The molecule has 0 fully saturated rings. The normalized spacial score (nSPS) is 23.0. The molecule has 2 rings (SSSR count). The Balaban J connectivity index is 0.000000114. The van der Waals surface area contributed by atoms with Gasteiger partial charge in [-0.25, -0.2) is 0 Å². The minimum atomic E-state index is -0.968. The van der Waals surface area contributed by atoms with E-state index < -0.39 is 5.97 Å². The molecule has 0 saturated carbocycles. The highest BCUT2D eigenvalue weighted by molar-refractivity contribution is 5.68. The molecule has 1 atom stereocenters. The molecular weight excluding hydrogens is 142 g/mol. The summed E-state index contributed by atoms with van der Waals surface area (Å²) >= 11 is 0. The van der Waals surface area contributed by atoms with Gasteiger partial charge in [0.15, 0.2) is 0 Å². The molecule has 11 heavy (non-hydrogen) atoms. The lowest BCUT2D eigenvalue weighted by Crippen LogP contribution is -2.10. The number of rotatable bonds is 1. The van der Waals surface area contributed by atoms with E-state index in [0.29, 0.717) is 0 Å². The predicted molar refractivity (Wildman–Crippen MR) is 42.0 cm³/mol. The Bertz CT molecular complexity index is 218. The zero-order chi connectivity index (χ0) is 8.27. The lowest BCUT2D eigenvalue weighted by molar-refractivity contribution is -0.135. The first-order chi connectivity index (χ1) is 5.24. The number of hydrogen-bond acceptors (Lipinski definition) is 2. The van der Waals surface area contributed by atoms with Crippen molar-refractivity contribution in [3.8, 4) is 0 Å². The molecule has 3 N–H and O–H groups in total. The molecule has 1 unspecified atom stereocenters. The molecule has 0 bridgehead atoms. The lowest BCUT2D eigenvalue weighted by Gasteiger charge is -1.74. The highest BCUT2D eigenvalue weighted by Crippen LogP contribution is 2.38. The van der Waals surface area contributed by atoms with E-state index in [9.17, 15) is 4.79 Å². The van der Waals surface area contributed by atoms with Crippen molar-refractivity contribution in [3.63, 3.8) is 0 Å². The van der Waals surface area contributed by atoms with Crippen molar-refractivity contribution in [1.82, 2.24) is 0 Å². The van der Waals surface area contributed by atoms with Gasteiger partial charge in [-0.1, -0.05) is 18.2 Å². The molecule has 0 aromatic rings. The van der Waals surface area contributed by atoms with Crippen LogP contribution in [-0.2, 0) is 4.79 Å². The predicted octanol–water partition coefficient (Wildman–Crippen LogP) is 0.532. The van der Waals surface area contributed by atoms with Gasteiger partial charge in [0.2, 0.25) is 0 Å². The van der Waals surface area contributed by atoms with Crippen LogP contribution in [0.25, 0.3) is 0 Å². The molecular formula is C8H11NO2. The molecule has 3 nitrogen and oxygen atoms in total. The molecule has 0 aromatic heterocycles. The maximum atomic E-state index is 9.24. The zero-order valence-electron chi connectivity index (χ0n) is 6.16. The monoisotopic (exact) mass is 153 g/mol. The number of carboxylic acid groups (broad SMARTS) is 1.